The fraction of sp³-hybridized carbons (Fsp3) is 0.167. The van der Waals surface area contributed by atoms with Gasteiger partial charge in [0.2, 0.25) is 5.91 Å². The Labute approximate surface area is 108 Å². The van der Waals surface area contributed by atoms with Crippen LogP contribution in [0.1, 0.15) is 12.5 Å². The van der Waals surface area contributed by atoms with Gasteiger partial charge in [0.05, 0.1) is 6.54 Å². The molecule has 0 radical (unpaired) electrons. The van der Waals surface area contributed by atoms with E-state index in [-0.39, 0.29) is 11.7 Å². The highest BCUT2D eigenvalue weighted by atomic mass is 35.5. The molecule has 6 heteroatoms. The fourth-order valence-corrected chi connectivity index (χ4v) is 1.75. The molecule has 0 atom stereocenters. The van der Waals surface area contributed by atoms with E-state index in [2.05, 4.69) is 10.4 Å². The van der Waals surface area contributed by atoms with Crippen molar-refractivity contribution in [3.8, 4) is 0 Å². The van der Waals surface area contributed by atoms with Crippen LogP contribution < -0.4 is 5.32 Å². The average molecular weight is 268 g/mol. The number of halogens is 2. The SMILES string of the molecule is CC(=O)Nc1ccn(Cc2ccc(F)cc2Cl)n1. The normalized spacial score (nSPS) is 10.4. The Morgan fingerprint density at radius 3 is 2.94 bits per heavy atom. The molecule has 94 valence electrons. The van der Waals surface area contributed by atoms with Crippen LogP contribution in [0.25, 0.3) is 0 Å². The first kappa shape index (κ1) is 12.6. The van der Waals surface area contributed by atoms with E-state index in [1.807, 2.05) is 0 Å². The molecule has 0 aliphatic carbocycles. The van der Waals surface area contributed by atoms with E-state index in [1.165, 1.54) is 19.1 Å². The van der Waals surface area contributed by atoms with Gasteiger partial charge in [-0.2, -0.15) is 5.10 Å². The van der Waals surface area contributed by atoms with Crippen LogP contribution in [0.15, 0.2) is 30.5 Å². The molecular weight excluding hydrogens is 257 g/mol. The molecule has 0 bridgehead atoms. The zero-order chi connectivity index (χ0) is 13.1. The van der Waals surface area contributed by atoms with Crippen LogP contribution in [0.2, 0.25) is 5.02 Å². The summed E-state index contributed by atoms with van der Waals surface area (Å²) in [6, 6.07) is 5.89. The predicted octanol–water partition coefficient (Wildman–Crippen LogP) is 2.68. The van der Waals surface area contributed by atoms with Crippen molar-refractivity contribution in [3.63, 3.8) is 0 Å². The van der Waals surface area contributed by atoms with Gasteiger partial charge >= 0.3 is 0 Å². The van der Waals surface area contributed by atoms with Gasteiger partial charge in [0.25, 0.3) is 0 Å². The van der Waals surface area contributed by atoms with Crippen molar-refractivity contribution in [2.24, 2.45) is 0 Å². The highest BCUT2D eigenvalue weighted by Crippen LogP contribution is 2.18. The van der Waals surface area contributed by atoms with Crippen LogP contribution in [0.4, 0.5) is 10.2 Å². The molecule has 1 amide bonds. The minimum atomic E-state index is -0.372. The summed E-state index contributed by atoms with van der Waals surface area (Å²) >= 11 is 5.92. The average Bonchev–Trinajstić information content (AvgIpc) is 2.69. The van der Waals surface area contributed by atoms with E-state index >= 15 is 0 Å². The maximum absolute atomic E-state index is 12.9. The Balaban J connectivity index is 2.13. The monoisotopic (exact) mass is 267 g/mol. The molecule has 18 heavy (non-hydrogen) atoms. The molecule has 0 unspecified atom stereocenters. The summed E-state index contributed by atoms with van der Waals surface area (Å²) in [7, 11) is 0. The van der Waals surface area contributed by atoms with Crippen molar-refractivity contribution in [2.45, 2.75) is 13.5 Å². The van der Waals surface area contributed by atoms with Gasteiger partial charge in [-0.25, -0.2) is 4.39 Å². The molecule has 1 N–H and O–H groups in total. The molecule has 0 saturated carbocycles. The fourth-order valence-electron chi connectivity index (χ4n) is 1.52. The lowest BCUT2D eigenvalue weighted by atomic mass is 10.2. The van der Waals surface area contributed by atoms with E-state index < -0.39 is 0 Å². The van der Waals surface area contributed by atoms with Gasteiger partial charge in [0.1, 0.15) is 5.82 Å². The summed E-state index contributed by atoms with van der Waals surface area (Å²) in [6.07, 6.45) is 1.71. The zero-order valence-electron chi connectivity index (χ0n) is 9.65. The third kappa shape index (κ3) is 3.07. The number of nitrogens with zero attached hydrogens (tertiary/aromatic N) is 2. The molecule has 1 heterocycles. The van der Waals surface area contributed by atoms with E-state index in [0.717, 1.165) is 5.56 Å². The smallest absolute Gasteiger partial charge is 0.222 e. The Morgan fingerprint density at radius 1 is 1.50 bits per heavy atom. The third-order valence-electron chi connectivity index (χ3n) is 2.29. The van der Waals surface area contributed by atoms with E-state index in [4.69, 9.17) is 11.6 Å². The molecule has 0 aliphatic heterocycles. The molecule has 1 aromatic carbocycles. The first-order valence-electron chi connectivity index (χ1n) is 5.29. The number of hydrogen-bond donors (Lipinski definition) is 1. The summed E-state index contributed by atoms with van der Waals surface area (Å²) in [5, 5.41) is 7.07. The van der Waals surface area contributed by atoms with Crippen LogP contribution in [-0.2, 0) is 11.3 Å². The molecular formula is C12H11ClFN3O. The maximum atomic E-state index is 12.9. The summed E-state index contributed by atoms with van der Waals surface area (Å²) < 4.78 is 14.5. The highest BCUT2D eigenvalue weighted by molar-refractivity contribution is 6.31. The van der Waals surface area contributed by atoms with Crippen LogP contribution in [0, 0.1) is 5.82 Å². The van der Waals surface area contributed by atoms with Crippen molar-refractivity contribution in [2.75, 3.05) is 5.32 Å². The van der Waals surface area contributed by atoms with E-state index in [0.29, 0.717) is 17.4 Å². The van der Waals surface area contributed by atoms with Crippen LogP contribution >= 0.6 is 11.6 Å². The zero-order valence-corrected chi connectivity index (χ0v) is 10.4. The lowest BCUT2D eigenvalue weighted by molar-refractivity contribution is -0.114. The summed E-state index contributed by atoms with van der Waals surface area (Å²) in [5.74, 6) is -0.0797. The number of carbonyl (C=O) groups is 1. The molecule has 0 saturated heterocycles. The second kappa shape index (κ2) is 5.18. The first-order chi connectivity index (χ1) is 8.54. The van der Waals surface area contributed by atoms with Gasteiger partial charge < -0.3 is 5.32 Å². The third-order valence-corrected chi connectivity index (χ3v) is 2.64. The van der Waals surface area contributed by atoms with E-state index in [9.17, 15) is 9.18 Å². The molecule has 1 aromatic heterocycles. The molecule has 2 aromatic rings. The Kier molecular flexibility index (Phi) is 3.62. The van der Waals surface area contributed by atoms with Crippen LogP contribution in [0.3, 0.4) is 0 Å². The van der Waals surface area contributed by atoms with Crippen molar-refractivity contribution in [3.05, 3.63) is 46.9 Å². The highest BCUT2D eigenvalue weighted by Gasteiger charge is 2.05. The maximum Gasteiger partial charge on any atom is 0.222 e. The summed E-state index contributed by atoms with van der Waals surface area (Å²) in [4.78, 5) is 10.8. The topological polar surface area (TPSA) is 46.9 Å². The number of hydrogen-bond acceptors (Lipinski definition) is 2. The lowest BCUT2D eigenvalue weighted by Gasteiger charge is -2.04. The summed E-state index contributed by atoms with van der Waals surface area (Å²) in [5.41, 5.74) is 0.760. The van der Waals surface area contributed by atoms with Gasteiger partial charge in [-0.1, -0.05) is 17.7 Å². The molecule has 0 fully saturated rings. The quantitative estimate of drug-likeness (QED) is 0.929. The Hall–Kier alpha value is -1.88. The number of anilines is 1. The number of benzene rings is 1. The van der Waals surface area contributed by atoms with Gasteiger partial charge in [-0.15, -0.1) is 0 Å². The Bertz CT molecular complexity index is 582. The molecule has 2 rings (SSSR count). The van der Waals surface area contributed by atoms with Gasteiger partial charge in [0, 0.05) is 24.2 Å². The largest absolute Gasteiger partial charge is 0.309 e. The Morgan fingerprint density at radius 2 is 2.28 bits per heavy atom. The number of amides is 1. The van der Waals surface area contributed by atoms with Gasteiger partial charge in [0.15, 0.2) is 5.82 Å². The van der Waals surface area contributed by atoms with Crippen molar-refractivity contribution in [1.29, 1.82) is 0 Å². The van der Waals surface area contributed by atoms with E-state index in [1.54, 1.807) is 23.0 Å². The van der Waals surface area contributed by atoms with Gasteiger partial charge in [-0.05, 0) is 17.7 Å². The standard InChI is InChI=1S/C12H11ClFN3O/c1-8(18)15-12-4-5-17(16-12)7-9-2-3-10(14)6-11(9)13/h2-6H,7H2,1H3,(H,15,16,18). The first-order valence-corrected chi connectivity index (χ1v) is 5.67. The lowest BCUT2D eigenvalue weighted by Crippen LogP contribution is -2.08. The summed E-state index contributed by atoms with van der Waals surface area (Å²) in [6.45, 7) is 1.83. The molecule has 0 spiro atoms. The van der Waals surface area contributed by atoms with Crippen molar-refractivity contribution in [1.82, 2.24) is 9.78 Å². The number of carbonyl (C=O) groups excluding carboxylic acids is 1. The number of nitrogens with one attached hydrogen (secondary N) is 1. The van der Waals surface area contributed by atoms with Gasteiger partial charge in [-0.3, -0.25) is 9.48 Å². The number of rotatable bonds is 3. The molecule has 4 nitrogen and oxygen atoms in total. The molecule has 0 aliphatic rings. The van der Waals surface area contributed by atoms with Crippen LogP contribution in [0.5, 0.6) is 0 Å². The minimum absolute atomic E-state index is 0.180. The second-order valence-corrected chi connectivity index (χ2v) is 4.22. The predicted molar refractivity (Wildman–Crippen MR) is 67.0 cm³/mol. The minimum Gasteiger partial charge on any atom is -0.309 e. The number of aromatic nitrogens is 2. The van der Waals surface area contributed by atoms with Crippen molar-refractivity contribution < 1.29 is 9.18 Å². The van der Waals surface area contributed by atoms with Crippen molar-refractivity contribution >= 4 is 23.3 Å². The van der Waals surface area contributed by atoms with Crippen LogP contribution in [-0.4, -0.2) is 15.7 Å². The second-order valence-electron chi connectivity index (χ2n) is 3.82.